The highest BCUT2D eigenvalue weighted by molar-refractivity contribution is 5.72. The van der Waals surface area contributed by atoms with Crippen molar-refractivity contribution in [3.63, 3.8) is 0 Å². The van der Waals surface area contributed by atoms with Crippen molar-refractivity contribution in [2.45, 2.75) is 25.2 Å². The molecule has 1 unspecified atom stereocenters. The van der Waals surface area contributed by atoms with Crippen LogP contribution in [0, 0.1) is 0 Å². The maximum atomic E-state index is 12.3. The number of alkyl halides is 3. The first-order chi connectivity index (χ1) is 13.4. The number of halogens is 3. The molecule has 0 spiro atoms. The number of hydrogen-bond acceptors (Lipinski definition) is 5. The zero-order valence-corrected chi connectivity index (χ0v) is 15.3. The van der Waals surface area contributed by atoms with Gasteiger partial charge in [0.2, 0.25) is 0 Å². The van der Waals surface area contributed by atoms with Crippen molar-refractivity contribution in [1.29, 1.82) is 0 Å². The van der Waals surface area contributed by atoms with Gasteiger partial charge in [-0.15, -0.1) is 23.4 Å². The zero-order valence-electron chi connectivity index (χ0n) is 15.3. The zero-order chi connectivity index (χ0) is 19.7. The molecule has 0 saturated carbocycles. The summed E-state index contributed by atoms with van der Waals surface area (Å²) in [6.45, 7) is 2.04. The van der Waals surface area contributed by atoms with E-state index in [1.165, 1.54) is 24.3 Å². The number of fused-ring (bicyclic) bond motifs is 1. The molecule has 1 aliphatic rings. The van der Waals surface area contributed by atoms with Crippen LogP contribution in [-0.4, -0.2) is 52.0 Å². The summed E-state index contributed by atoms with van der Waals surface area (Å²) in [4.78, 5) is 2.28. The molecule has 1 fully saturated rings. The fraction of sp³-hybridized carbons (Fsp3) is 0.368. The first-order valence-corrected chi connectivity index (χ1v) is 9.04. The summed E-state index contributed by atoms with van der Waals surface area (Å²) >= 11 is 0. The van der Waals surface area contributed by atoms with Crippen molar-refractivity contribution in [3.05, 3.63) is 42.6 Å². The molecule has 6 nitrogen and oxygen atoms in total. The Balaban J connectivity index is 1.60. The fourth-order valence-corrected chi connectivity index (χ4v) is 3.54. The highest BCUT2D eigenvalue weighted by Gasteiger charge is 2.31. The van der Waals surface area contributed by atoms with E-state index in [0.717, 1.165) is 31.4 Å². The minimum atomic E-state index is -4.71. The molecule has 0 bridgehead atoms. The van der Waals surface area contributed by atoms with Crippen LogP contribution in [-0.2, 0) is 0 Å². The lowest BCUT2D eigenvalue weighted by Crippen LogP contribution is -2.40. The molecular weight excluding hydrogens is 371 g/mol. The largest absolute Gasteiger partial charge is 0.573 e. The highest BCUT2D eigenvalue weighted by Crippen LogP contribution is 2.27. The van der Waals surface area contributed by atoms with E-state index in [9.17, 15) is 13.2 Å². The quantitative estimate of drug-likeness (QED) is 0.733. The number of aromatic nitrogens is 3. The Labute approximate surface area is 159 Å². The lowest BCUT2D eigenvalue weighted by atomic mass is 10.1. The molecule has 3 aromatic rings. The van der Waals surface area contributed by atoms with E-state index >= 15 is 0 Å². The molecule has 4 rings (SSSR count). The molecule has 3 heterocycles. The van der Waals surface area contributed by atoms with Crippen molar-refractivity contribution in [2.75, 3.05) is 25.5 Å². The topological polar surface area (TPSA) is 54.7 Å². The smallest absolute Gasteiger partial charge is 0.406 e. The number of hydrogen-bond donors (Lipinski definition) is 1. The van der Waals surface area contributed by atoms with Gasteiger partial charge in [-0.3, -0.25) is 4.40 Å². The highest BCUT2D eigenvalue weighted by atomic mass is 19.4. The first kappa shape index (κ1) is 18.5. The molecule has 0 aliphatic carbocycles. The Morgan fingerprint density at radius 2 is 1.93 bits per heavy atom. The maximum Gasteiger partial charge on any atom is 0.573 e. The number of piperidine rings is 1. The molecule has 28 heavy (non-hydrogen) atoms. The van der Waals surface area contributed by atoms with E-state index in [-0.39, 0.29) is 5.75 Å². The van der Waals surface area contributed by atoms with Crippen LogP contribution in [0.15, 0.2) is 42.6 Å². The third-order valence-corrected chi connectivity index (χ3v) is 4.78. The summed E-state index contributed by atoms with van der Waals surface area (Å²) in [5.74, 6) is 0.976. The molecule has 1 saturated heterocycles. The monoisotopic (exact) mass is 391 g/mol. The molecule has 1 aromatic carbocycles. The molecule has 0 amide bonds. The predicted octanol–water partition coefficient (Wildman–Crippen LogP) is 3.80. The van der Waals surface area contributed by atoms with Crippen molar-refractivity contribution < 1.29 is 17.9 Å². The molecule has 2 aromatic heterocycles. The average Bonchev–Trinajstić information content (AvgIpc) is 3.12. The Hall–Kier alpha value is -2.81. The van der Waals surface area contributed by atoms with Crippen LogP contribution >= 0.6 is 0 Å². The average molecular weight is 391 g/mol. The van der Waals surface area contributed by atoms with E-state index in [1.54, 1.807) is 0 Å². The number of likely N-dealkylation sites (N-methyl/N-ethyl adjacent to an activating group) is 1. The number of anilines is 1. The normalized spacial score (nSPS) is 18.4. The second kappa shape index (κ2) is 7.31. The lowest BCUT2D eigenvalue weighted by molar-refractivity contribution is -0.274. The molecular formula is C19H20F3N5O. The van der Waals surface area contributed by atoms with Gasteiger partial charge in [-0.25, -0.2) is 0 Å². The standard InChI is InChI=1S/C19H20F3N5O/c1-26-10-2-4-14(12-26)23-17-16-5-3-11-27(16)18(25-24-17)13-6-8-15(9-7-13)28-19(20,21)22/h3,5-9,11,14H,2,4,10,12H2,1H3,(H,23,24). The summed E-state index contributed by atoms with van der Waals surface area (Å²) in [6, 6.07) is 9.74. The first-order valence-electron chi connectivity index (χ1n) is 9.04. The second-order valence-corrected chi connectivity index (χ2v) is 6.95. The molecule has 1 N–H and O–H groups in total. The molecule has 1 atom stereocenters. The van der Waals surface area contributed by atoms with Crippen LogP contribution in [0.25, 0.3) is 16.9 Å². The van der Waals surface area contributed by atoms with Crippen LogP contribution in [0.4, 0.5) is 19.0 Å². The van der Waals surface area contributed by atoms with Crippen LogP contribution in [0.2, 0.25) is 0 Å². The van der Waals surface area contributed by atoms with Gasteiger partial charge in [0.15, 0.2) is 11.6 Å². The van der Waals surface area contributed by atoms with Gasteiger partial charge in [-0.05, 0) is 62.8 Å². The molecule has 0 radical (unpaired) electrons. The van der Waals surface area contributed by atoms with Crippen LogP contribution in [0.1, 0.15) is 12.8 Å². The van der Waals surface area contributed by atoms with Crippen LogP contribution in [0.3, 0.4) is 0 Å². The third kappa shape index (κ3) is 4.04. The summed E-state index contributed by atoms with van der Waals surface area (Å²) in [5, 5.41) is 12.1. The summed E-state index contributed by atoms with van der Waals surface area (Å²) in [5.41, 5.74) is 1.51. The molecule has 1 aliphatic heterocycles. The lowest BCUT2D eigenvalue weighted by Gasteiger charge is -2.30. The SMILES string of the molecule is CN1CCCC(Nc2nnc(-c3ccc(OC(F)(F)F)cc3)n3cccc23)C1. The number of likely N-dealkylation sites (tertiary alicyclic amines) is 1. The van der Waals surface area contributed by atoms with E-state index in [2.05, 4.69) is 32.2 Å². The summed E-state index contributed by atoms with van der Waals surface area (Å²) in [6.07, 6.45) is -0.655. The fourth-order valence-electron chi connectivity index (χ4n) is 3.54. The molecule has 9 heteroatoms. The maximum absolute atomic E-state index is 12.3. The Bertz CT molecular complexity index is 954. The van der Waals surface area contributed by atoms with Crippen LogP contribution < -0.4 is 10.1 Å². The minimum Gasteiger partial charge on any atom is -0.406 e. The number of nitrogens with zero attached hydrogens (tertiary/aromatic N) is 4. The van der Waals surface area contributed by atoms with Gasteiger partial charge in [-0.1, -0.05) is 0 Å². The van der Waals surface area contributed by atoms with Gasteiger partial charge in [-0.2, -0.15) is 0 Å². The van der Waals surface area contributed by atoms with Crippen molar-refractivity contribution in [1.82, 2.24) is 19.5 Å². The number of rotatable bonds is 4. The van der Waals surface area contributed by atoms with Gasteiger partial charge < -0.3 is 15.0 Å². The van der Waals surface area contributed by atoms with Gasteiger partial charge >= 0.3 is 6.36 Å². The van der Waals surface area contributed by atoms with E-state index in [0.29, 0.717) is 23.2 Å². The van der Waals surface area contributed by atoms with Crippen molar-refractivity contribution in [2.24, 2.45) is 0 Å². The van der Waals surface area contributed by atoms with Gasteiger partial charge in [0.25, 0.3) is 0 Å². The van der Waals surface area contributed by atoms with Gasteiger partial charge in [0.05, 0.1) is 5.52 Å². The van der Waals surface area contributed by atoms with E-state index in [1.807, 2.05) is 22.7 Å². The second-order valence-electron chi connectivity index (χ2n) is 6.95. The van der Waals surface area contributed by atoms with E-state index in [4.69, 9.17) is 0 Å². The Kier molecular flexibility index (Phi) is 4.84. The van der Waals surface area contributed by atoms with Crippen molar-refractivity contribution in [3.8, 4) is 17.1 Å². The van der Waals surface area contributed by atoms with Crippen LogP contribution in [0.5, 0.6) is 5.75 Å². The third-order valence-electron chi connectivity index (χ3n) is 4.78. The van der Waals surface area contributed by atoms with Gasteiger partial charge in [0.1, 0.15) is 5.75 Å². The summed E-state index contributed by atoms with van der Waals surface area (Å²) in [7, 11) is 2.10. The summed E-state index contributed by atoms with van der Waals surface area (Å²) < 4.78 is 42.8. The van der Waals surface area contributed by atoms with Crippen molar-refractivity contribution >= 4 is 11.3 Å². The van der Waals surface area contributed by atoms with E-state index < -0.39 is 6.36 Å². The number of ether oxygens (including phenoxy) is 1. The Morgan fingerprint density at radius 3 is 2.64 bits per heavy atom. The number of benzene rings is 1. The minimum absolute atomic E-state index is 0.271. The molecule has 148 valence electrons. The predicted molar refractivity (Wildman–Crippen MR) is 99.2 cm³/mol. The Morgan fingerprint density at radius 1 is 1.14 bits per heavy atom. The van der Waals surface area contributed by atoms with Gasteiger partial charge in [0, 0.05) is 24.3 Å². The number of nitrogens with one attached hydrogen (secondary N) is 1.